The molecule has 0 atom stereocenters. The predicted molar refractivity (Wildman–Crippen MR) is 68.5 cm³/mol. The van der Waals surface area contributed by atoms with E-state index in [1.165, 1.54) is 0 Å². The highest BCUT2D eigenvalue weighted by Crippen LogP contribution is 2.23. The van der Waals surface area contributed by atoms with E-state index >= 15 is 0 Å². The van der Waals surface area contributed by atoms with Gasteiger partial charge in [0.25, 0.3) is 0 Å². The lowest BCUT2D eigenvalue weighted by atomic mass is 10.1. The Labute approximate surface area is 100 Å². The van der Waals surface area contributed by atoms with E-state index in [9.17, 15) is 0 Å². The topological polar surface area (TPSA) is 26.0 Å². The Balaban J connectivity index is 0.00000112. The molecule has 0 amide bonds. The van der Waals surface area contributed by atoms with Crippen LogP contribution in [0.25, 0.3) is 11.1 Å². The van der Waals surface area contributed by atoms with E-state index in [-0.39, 0.29) is 12.4 Å². The molecule has 0 saturated heterocycles. The van der Waals surface area contributed by atoms with E-state index in [0.29, 0.717) is 0 Å². The van der Waals surface area contributed by atoms with Crippen molar-refractivity contribution in [3.8, 4) is 11.1 Å². The molecule has 0 heterocycles. The first-order valence-corrected chi connectivity index (χ1v) is 4.75. The standard InChI is InChI=1S/C12H10ClN.ClH/c13-11-3-1-2-10(8-11)9-4-6-12(14)7-5-9;/h1-8H,14H2;1H. The molecule has 2 aromatic carbocycles. The highest BCUT2D eigenvalue weighted by atomic mass is 35.5. The van der Waals surface area contributed by atoms with Gasteiger partial charge in [0.05, 0.1) is 0 Å². The largest absolute Gasteiger partial charge is 0.399 e. The monoisotopic (exact) mass is 239 g/mol. The quantitative estimate of drug-likeness (QED) is 0.748. The molecule has 0 bridgehead atoms. The van der Waals surface area contributed by atoms with Crippen LogP contribution in [0.4, 0.5) is 5.69 Å². The molecule has 1 nitrogen and oxygen atoms in total. The average Bonchev–Trinajstić information content (AvgIpc) is 2.19. The van der Waals surface area contributed by atoms with Gasteiger partial charge in [0, 0.05) is 10.7 Å². The van der Waals surface area contributed by atoms with Gasteiger partial charge >= 0.3 is 0 Å². The lowest BCUT2D eigenvalue weighted by Crippen LogP contribution is -1.83. The number of benzene rings is 2. The molecule has 78 valence electrons. The van der Waals surface area contributed by atoms with Crippen molar-refractivity contribution in [1.82, 2.24) is 0 Å². The van der Waals surface area contributed by atoms with Crippen LogP contribution < -0.4 is 5.73 Å². The molecule has 0 saturated carbocycles. The van der Waals surface area contributed by atoms with Crippen LogP contribution in [0.15, 0.2) is 48.5 Å². The van der Waals surface area contributed by atoms with E-state index in [1.54, 1.807) is 0 Å². The lowest BCUT2D eigenvalue weighted by molar-refractivity contribution is 1.61. The normalized spacial score (nSPS) is 9.40. The van der Waals surface area contributed by atoms with Crippen molar-refractivity contribution in [2.45, 2.75) is 0 Å². The van der Waals surface area contributed by atoms with Gasteiger partial charge in [-0.05, 0) is 35.4 Å². The highest BCUT2D eigenvalue weighted by Gasteiger charge is 1.97. The Kier molecular flexibility index (Phi) is 4.01. The van der Waals surface area contributed by atoms with Gasteiger partial charge in [0.15, 0.2) is 0 Å². The van der Waals surface area contributed by atoms with Gasteiger partial charge in [-0.2, -0.15) is 0 Å². The van der Waals surface area contributed by atoms with Crippen molar-refractivity contribution in [2.75, 3.05) is 5.73 Å². The minimum Gasteiger partial charge on any atom is -0.399 e. The van der Waals surface area contributed by atoms with Crippen LogP contribution in [-0.4, -0.2) is 0 Å². The van der Waals surface area contributed by atoms with E-state index in [0.717, 1.165) is 21.8 Å². The van der Waals surface area contributed by atoms with E-state index in [2.05, 4.69) is 0 Å². The Morgan fingerprint density at radius 3 is 2.13 bits per heavy atom. The molecule has 2 N–H and O–H groups in total. The summed E-state index contributed by atoms with van der Waals surface area (Å²) in [5.41, 5.74) is 8.62. The Morgan fingerprint density at radius 2 is 1.53 bits per heavy atom. The van der Waals surface area contributed by atoms with Crippen LogP contribution in [0.1, 0.15) is 0 Å². The fraction of sp³-hybridized carbons (Fsp3) is 0. The molecule has 0 radical (unpaired) electrons. The molecule has 0 aromatic heterocycles. The molecule has 15 heavy (non-hydrogen) atoms. The number of hydrogen-bond donors (Lipinski definition) is 1. The third-order valence-corrected chi connectivity index (χ3v) is 2.30. The van der Waals surface area contributed by atoms with Crippen molar-refractivity contribution < 1.29 is 0 Å². The first-order chi connectivity index (χ1) is 6.75. The van der Waals surface area contributed by atoms with Crippen LogP contribution in [0.3, 0.4) is 0 Å². The molecule has 3 heteroatoms. The third-order valence-electron chi connectivity index (χ3n) is 2.07. The first-order valence-electron chi connectivity index (χ1n) is 4.37. The zero-order valence-electron chi connectivity index (χ0n) is 7.98. The van der Waals surface area contributed by atoms with Crippen molar-refractivity contribution in [2.24, 2.45) is 0 Å². The molecule has 0 aliphatic carbocycles. The van der Waals surface area contributed by atoms with Gasteiger partial charge in [0.1, 0.15) is 0 Å². The fourth-order valence-electron chi connectivity index (χ4n) is 1.34. The number of rotatable bonds is 1. The van der Waals surface area contributed by atoms with Crippen molar-refractivity contribution in [3.05, 3.63) is 53.6 Å². The summed E-state index contributed by atoms with van der Waals surface area (Å²) in [4.78, 5) is 0. The molecule has 2 aromatic rings. The maximum Gasteiger partial charge on any atom is 0.0412 e. The van der Waals surface area contributed by atoms with Gasteiger partial charge < -0.3 is 5.73 Å². The molecular formula is C12H11Cl2N. The van der Waals surface area contributed by atoms with Crippen LogP contribution in [-0.2, 0) is 0 Å². The van der Waals surface area contributed by atoms with Gasteiger partial charge in [-0.3, -0.25) is 0 Å². The number of hydrogen-bond acceptors (Lipinski definition) is 1. The minimum atomic E-state index is 0. The summed E-state index contributed by atoms with van der Waals surface area (Å²) < 4.78 is 0. The minimum absolute atomic E-state index is 0. The first kappa shape index (κ1) is 11.9. The second-order valence-electron chi connectivity index (χ2n) is 3.13. The summed E-state index contributed by atoms with van der Waals surface area (Å²) in [5, 5.41) is 0.749. The smallest absolute Gasteiger partial charge is 0.0412 e. The Bertz CT molecular complexity index is 438. The van der Waals surface area contributed by atoms with Gasteiger partial charge in [0.2, 0.25) is 0 Å². The lowest BCUT2D eigenvalue weighted by Gasteiger charge is -2.02. The zero-order valence-corrected chi connectivity index (χ0v) is 9.55. The predicted octanol–water partition coefficient (Wildman–Crippen LogP) is 4.01. The highest BCUT2D eigenvalue weighted by molar-refractivity contribution is 6.30. The molecule has 0 unspecified atom stereocenters. The molecular weight excluding hydrogens is 229 g/mol. The maximum absolute atomic E-state index is 5.90. The summed E-state index contributed by atoms with van der Waals surface area (Å²) in [6, 6.07) is 15.5. The molecule has 2 rings (SSSR count). The van der Waals surface area contributed by atoms with Crippen LogP contribution >= 0.6 is 24.0 Å². The van der Waals surface area contributed by atoms with Crippen molar-refractivity contribution >= 4 is 29.7 Å². The summed E-state index contributed by atoms with van der Waals surface area (Å²) in [5.74, 6) is 0. The van der Waals surface area contributed by atoms with Crippen LogP contribution in [0, 0.1) is 0 Å². The summed E-state index contributed by atoms with van der Waals surface area (Å²) >= 11 is 5.90. The molecule has 0 spiro atoms. The van der Waals surface area contributed by atoms with Crippen molar-refractivity contribution in [3.63, 3.8) is 0 Å². The Hall–Kier alpha value is -1.18. The zero-order chi connectivity index (χ0) is 9.97. The number of nitrogen functional groups attached to an aromatic ring is 1. The van der Waals surface area contributed by atoms with Crippen LogP contribution in [0.2, 0.25) is 5.02 Å². The second kappa shape index (κ2) is 5.06. The third kappa shape index (κ3) is 2.88. The molecule has 0 aliphatic heterocycles. The maximum atomic E-state index is 5.90. The number of nitrogens with two attached hydrogens (primary N) is 1. The Morgan fingerprint density at radius 1 is 0.867 bits per heavy atom. The van der Waals surface area contributed by atoms with Gasteiger partial charge in [-0.15, -0.1) is 12.4 Å². The SMILES string of the molecule is Cl.Nc1ccc(-c2cccc(Cl)c2)cc1. The summed E-state index contributed by atoms with van der Waals surface area (Å²) in [6.45, 7) is 0. The number of anilines is 1. The second-order valence-corrected chi connectivity index (χ2v) is 3.57. The average molecular weight is 240 g/mol. The van der Waals surface area contributed by atoms with Crippen LogP contribution in [0.5, 0.6) is 0 Å². The number of halogens is 2. The van der Waals surface area contributed by atoms with E-state index in [4.69, 9.17) is 17.3 Å². The van der Waals surface area contributed by atoms with E-state index < -0.39 is 0 Å². The fourth-order valence-corrected chi connectivity index (χ4v) is 1.53. The molecule has 0 fully saturated rings. The van der Waals surface area contributed by atoms with Gasteiger partial charge in [-0.1, -0.05) is 35.9 Å². The van der Waals surface area contributed by atoms with E-state index in [1.807, 2.05) is 48.5 Å². The van der Waals surface area contributed by atoms with Crippen molar-refractivity contribution in [1.29, 1.82) is 0 Å². The molecule has 0 aliphatic rings. The summed E-state index contributed by atoms with van der Waals surface area (Å²) in [7, 11) is 0. The van der Waals surface area contributed by atoms with Gasteiger partial charge in [-0.25, -0.2) is 0 Å². The summed E-state index contributed by atoms with van der Waals surface area (Å²) in [6.07, 6.45) is 0.